The first-order chi connectivity index (χ1) is 47.7. The summed E-state index contributed by atoms with van der Waals surface area (Å²) in [4.78, 5) is 141. The number of H-pyrrole nitrogens is 4. The predicted molar refractivity (Wildman–Crippen MR) is 414 cm³/mol. The van der Waals surface area contributed by atoms with Gasteiger partial charge in [0.1, 0.15) is 65.4 Å². The Bertz CT molecular complexity index is 3450. The van der Waals surface area contributed by atoms with Crippen LogP contribution in [-0.2, 0) is 62.3 Å². The van der Waals surface area contributed by atoms with E-state index in [0.29, 0.717) is 0 Å². The van der Waals surface area contributed by atoms with Crippen molar-refractivity contribution in [2.24, 2.45) is 5.92 Å². The Hall–Kier alpha value is -3.50. The number of aromatic nitrogens is 8. The fourth-order valence-electron chi connectivity index (χ4n) is 11.8. The number of aldehydes is 3. The summed E-state index contributed by atoms with van der Waals surface area (Å²) in [5, 5.41) is 2.66. The molecule has 5 saturated heterocycles. The number of halogens is 4. The third-order valence-electron chi connectivity index (χ3n) is 16.2. The van der Waals surface area contributed by atoms with Gasteiger partial charge >= 0.3 is 89.6 Å². The number of nitrogens with one attached hydrogen (secondary N) is 5. The van der Waals surface area contributed by atoms with Crippen LogP contribution in [0.3, 0.4) is 0 Å². The summed E-state index contributed by atoms with van der Waals surface area (Å²) in [6.45, 7) is 36.4. The molecule has 4 aromatic rings. The second-order valence-corrected chi connectivity index (χ2v) is 34.3. The van der Waals surface area contributed by atoms with Crippen LogP contribution in [0.5, 0.6) is 0 Å². The topological polar surface area (TPSA) is 400 Å². The zero-order chi connectivity index (χ0) is 78.4. The number of hydrogen-bond donors (Lipinski definition) is 5. The van der Waals surface area contributed by atoms with Crippen LogP contribution in [0.25, 0.3) is 0 Å². The molecule has 5 aliphatic rings. The number of aromatic amines is 4. The minimum Gasteiger partial charge on any atom is -0.917 e. The van der Waals surface area contributed by atoms with Crippen LogP contribution in [0.15, 0.2) is 24.8 Å². The molecule has 6 amide bonds. The van der Waals surface area contributed by atoms with E-state index < -0.39 is 45.5 Å². The molecule has 5 aliphatic heterocycles. The summed E-state index contributed by atoms with van der Waals surface area (Å²) < 4.78 is 55.6. The maximum Gasteiger partial charge on any atom is 1.00 e. The van der Waals surface area contributed by atoms with Gasteiger partial charge in [-0.05, 0) is 278 Å². The van der Waals surface area contributed by atoms with E-state index in [1.54, 1.807) is 34.6 Å². The van der Waals surface area contributed by atoms with Crippen molar-refractivity contribution in [3.8, 4) is 0 Å². The molecule has 4 aromatic heterocycles. The van der Waals surface area contributed by atoms with E-state index in [-0.39, 0.29) is 168 Å². The van der Waals surface area contributed by atoms with Crippen molar-refractivity contribution in [3.05, 3.63) is 62.9 Å². The molecule has 105 heavy (non-hydrogen) atoms. The van der Waals surface area contributed by atoms with Gasteiger partial charge in [-0.3, -0.25) is 34.0 Å². The van der Waals surface area contributed by atoms with Crippen LogP contribution in [0.1, 0.15) is 243 Å². The van der Waals surface area contributed by atoms with Crippen molar-refractivity contribution in [3.63, 3.8) is 0 Å². The first kappa shape index (κ1) is 99.5. The molecule has 0 unspecified atom stereocenters. The van der Waals surface area contributed by atoms with Gasteiger partial charge in [0.15, 0.2) is 12.6 Å². The van der Waals surface area contributed by atoms with Gasteiger partial charge in [0.05, 0.1) is 57.1 Å². The Morgan fingerprint density at radius 2 is 0.867 bits per heavy atom. The molecule has 0 aromatic carbocycles. The number of imidazole rings is 4. The molecule has 9 rings (SSSR count). The smallest absolute Gasteiger partial charge is 0.917 e. The molecule has 0 aliphatic carbocycles. The van der Waals surface area contributed by atoms with E-state index in [2.05, 4.69) is 154 Å². The Balaban J connectivity index is 0.000000639. The van der Waals surface area contributed by atoms with Crippen molar-refractivity contribution in [2.45, 2.75) is 285 Å². The second kappa shape index (κ2) is 45.7. The van der Waals surface area contributed by atoms with Gasteiger partial charge in [-0.15, -0.1) is 0 Å². The van der Waals surface area contributed by atoms with E-state index in [4.69, 9.17) is 41.5 Å². The predicted octanol–water partition coefficient (Wildman–Crippen LogP) is 7.66. The number of hydrogen-bond acceptors (Lipinski definition) is 22. The minimum atomic E-state index is -3.11. The molecule has 580 valence electrons. The number of alkyl carbamates (subject to hydrolysis) is 1. The third-order valence-corrected chi connectivity index (χ3v) is 19.9. The molecule has 38 heteroatoms. The fraction of sp³-hybridized carbons (Fsp3) is 0.687. The summed E-state index contributed by atoms with van der Waals surface area (Å²) in [6.07, 6.45) is 15.6. The third kappa shape index (κ3) is 33.2. The van der Waals surface area contributed by atoms with Crippen LogP contribution in [0.4, 0.5) is 24.0 Å². The normalized spacial score (nSPS) is 22.1. The molecule has 9 heterocycles. The van der Waals surface area contributed by atoms with Crippen molar-refractivity contribution < 1.29 is 139 Å². The van der Waals surface area contributed by atoms with Crippen LogP contribution >= 0.6 is 90.4 Å². The number of amides is 6. The van der Waals surface area contributed by atoms with Crippen molar-refractivity contribution in [1.29, 1.82) is 0 Å². The van der Waals surface area contributed by atoms with Gasteiger partial charge in [0.25, 0.3) is 0 Å². The number of carbonyl (C=O) groups is 9. The molecular formula is C67H104I4N14Na2O17S. The molecule has 0 radical (unpaired) electrons. The fourth-order valence-corrected chi connectivity index (χ4v) is 13.4. The largest absolute Gasteiger partial charge is 1.00 e. The summed E-state index contributed by atoms with van der Waals surface area (Å²) in [5.41, 5.74) is -1.92. The standard InChI is InChI=1S/C15H23IN4O3.C13H19I2N3O2.C13H20IN3O2.C13H21N3O2.C11H19NO3.C2H2O2.2Na.O3S/c1-8(2)12(19-15(22)23-4)14(21)20-9(3)5-6-10(20)13-17-7-11(16)18-13;1-7-5-6-8(11-16-9(14)10(15)17-11)18(7)12(19)20-13(2,3)4;1-8-5-6-9(11-15-7-10(14)16-11)17(8)12(18)19-13(2,3)4;1-9-5-6-10(11-14-7-8-15-11)16(9)12(17)18-13(2,3)4;1-8-5-6-9(7-13)12(8)10(14)15-11(2,3)4;3-1-2-4;;;1-4(2)3/h7-10,12H,5-6H2,1-4H3,(H,17,18)(H,19,22);7-8H,5-6H2,1-4H3,(H,16,17);7-9H,5-6H2,1-4H3,(H,15,16);7-10H,5-6H2,1-4H3,(H,14,15);7-9H,5-6H2,1-4H3;1-2H;;;/q;;;;;;2*+1;-2/t9-,10-,12-;7-,8-;8-,9-;9-,10-;8-,9-;;;;/m00000..../s1. The van der Waals surface area contributed by atoms with E-state index in [1.165, 1.54) is 12.0 Å². The summed E-state index contributed by atoms with van der Waals surface area (Å²) in [6, 6.07) is -0.273. The maximum absolute atomic E-state index is 13.1. The number of likely N-dealkylation sites (tertiary alicyclic amines) is 5. The Kier molecular flexibility index (Phi) is 43.3. The Labute approximate surface area is 717 Å². The van der Waals surface area contributed by atoms with Crippen LogP contribution in [0.2, 0.25) is 0 Å². The van der Waals surface area contributed by atoms with Crippen molar-refractivity contribution in [2.75, 3.05) is 7.11 Å². The summed E-state index contributed by atoms with van der Waals surface area (Å²) >= 11 is 8.77. The average Bonchev–Trinajstić information content (AvgIpc) is 1.71. The minimum absolute atomic E-state index is 0. The van der Waals surface area contributed by atoms with Crippen LogP contribution < -0.4 is 64.4 Å². The van der Waals surface area contributed by atoms with Crippen LogP contribution in [0, 0.1) is 20.7 Å². The number of nitrogens with zero attached hydrogens (tertiary/aromatic N) is 9. The zero-order valence-electron chi connectivity index (χ0n) is 64.4. The quantitative estimate of drug-likeness (QED) is 0.0157. The molecule has 0 bridgehead atoms. The van der Waals surface area contributed by atoms with Gasteiger partial charge in [-0.25, -0.2) is 43.9 Å². The molecule has 31 nitrogen and oxygen atoms in total. The SMILES string of the molecule is COC(=O)N[C@H](C(=O)N1[C@@H](C)CC[C@H]1c1ncc(I)[nH]1)C(C)C.C[C@H]1CC[C@@H](C=O)N1C(=O)OC(C)(C)C.C[C@H]1CC[C@@H](c2nc(I)c(I)[nH]2)N1C(=O)OC(C)(C)C.C[C@H]1CC[C@@H](c2ncc(I)[nH]2)N1C(=O)OC(C)(C)C.C[C@H]1CC[C@@H](c2ncc[nH]2)N1C(=O)OC(C)(C)C.O=CC=O.O=[S-](=O)[O-].[Na+].[Na+]. The molecule has 11 atom stereocenters. The van der Waals surface area contributed by atoms with E-state index >= 15 is 0 Å². The van der Waals surface area contributed by atoms with E-state index in [0.717, 1.165) is 109 Å². The Morgan fingerprint density at radius 1 is 0.533 bits per heavy atom. The van der Waals surface area contributed by atoms with Gasteiger partial charge in [-0.1, -0.05) is 13.8 Å². The number of methoxy groups -OCH3 is 1. The van der Waals surface area contributed by atoms with Gasteiger partial charge in [0, 0.05) is 42.6 Å². The number of rotatable bonds is 9. The maximum atomic E-state index is 13.1. The van der Waals surface area contributed by atoms with Crippen LogP contribution in [-0.4, -0.2) is 196 Å². The van der Waals surface area contributed by atoms with Gasteiger partial charge in [0.2, 0.25) is 5.91 Å². The van der Waals surface area contributed by atoms with Crippen molar-refractivity contribution in [1.82, 2.24) is 69.7 Å². The van der Waals surface area contributed by atoms with Gasteiger partial charge in [-0.2, -0.15) is 11.0 Å². The average molecular weight is 1960 g/mol. The molecule has 0 saturated carbocycles. The monoisotopic (exact) mass is 1960 g/mol. The number of ether oxygens (including phenoxy) is 5. The van der Waals surface area contributed by atoms with Gasteiger partial charge < -0.3 is 71.6 Å². The Morgan fingerprint density at radius 3 is 1.16 bits per heavy atom. The number of carbonyl (C=O) groups excluding carboxylic acids is 9. The molecular weight excluding hydrogens is 1860 g/mol. The van der Waals surface area contributed by atoms with E-state index in [9.17, 15) is 33.6 Å². The van der Waals surface area contributed by atoms with E-state index in [1.807, 2.05) is 128 Å². The molecule has 0 spiro atoms. The first-order valence-electron chi connectivity index (χ1n) is 33.8. The first-order valence-corrected chi connectivity index (χ1v) is 39.1. The summed E-state index contributed by atoms with van der Waals surface area (Å²) in [7, 11) is -1.82. The zero-order valence-corrected chi connectivity index (χ0v) is 77.9. The molecule has 5 N–H and O–H groups in total. The van der Waals surface area contributed by atoms with Crippen molar-refractivity contribution >= 4 is 157 Å². The second-order valence-electron chi connectivity index (χ2n) is 29.5. The molecule has 5 fully saturated rings. The summed E-state index contributed by atoms with van der Waals surface area (Å²) in [5.74, 6) is 3.21.